The molecular weight excluding hydrogens is 961 g/mol. The molecule has 0 rings (SSSR count). The molecule has 0 saturated heterocycles. The second kappa shape index (κ2) is 67.4. The Hall–Kier alpha value is -2.11. The SMILES string of the molecule is CCCCCCCCC/C=C\CCCCCCCC(=O)OCC(COC(=O)CCCCCCCCCCCCC/C=C\CCCCCCCCCC)OC(=O)CCCCCCCCCCCCCCCCCCCCCCC. The minimum absolute atomic E-state index is 0.0687. The second-order valence-corrected chi connectivity index (χ2v) is 24.1. The van der Waals surface area contributed by atoms with Crippen LogP contribution in [0.2, 0.25) is 0 Å². The number of carbonyl (C=O) groups is 3. The topological polar surface area (TPSA) is 78.9 Å². The Bertz CT molecular complexity index is 1260. The molecule has 460 valence electrons. The van der Waals surface area contributed by atoms with Crippen LogP contribution in [0, 0.1) is 0 Å². The van der Waals surface area contributed by atoms with Gasteiger partial charge < -0.3 is 14.2 Å². The molecule has 0 spiro atoms. The van der Waals surface area contributed by atoms with Crippen molar-refractivity contribution in [2.75, 3.05) is 13.2 Å². The summed E-state index contributed by atoms with van der Waals surface area (Å²) in [5.41, 5.74) is 0. The maximum absolute atomic E-state index is 13.0. The van der Waals surface area contributed by atoms with E-state index in [4.69, 9.17) is 14.2 Å². The maximum Gasteiger partial charge on any atom is 0.306 e. The Labute approximate surface area is 487 Å². The summed E-state index contributed by atoms with van der Waals surface area (Å²) in [5, 5.41) is 0. The van der Waals surface area contributed by atoms with Gasteiger partial charge >= 0.3 is 17.9 Å². The lowest BCUT2D eigenvalue weighted by molar-refractivity contribution is -0.167. The summed E-state index contributed by atoms with van der Waals surface area (Å²) in [6.45, 7) is 6.71. The van der Waals surface area contributed by atoms with Crippen molar-refractivity contribution in [2.45, 2.75) is 406 Å². The molecule has 0 bridgehead atoms. The van der Waals surface area contributed by atoms with E-state index in [1.807, 2.05) is 0 Å². The molecule has 0 aliphatic carbocycles. The van der Waals surface area contributed by atoms with Crippen molar-refractivity contribution in [1.29, 1.82) is 0 Å². The fraction of sp³-hybridized carbons (Fsp3) is 0.903. The van der Waals surface area contributed by atoms with Crippen LogP contribution in [0.15, 0.2) is 24.3 Å². The highest BCUT2D eigenvalue weighted by Gasteiger charge is 2.19. The normalized spacial score (nSPS) is 12.1. The zero-order chi connectivity index (χ0) is 56.4. The molecule has 0 aromatic heterocycles. The van der Waals surface area contributed by atoms with E-state index in [2.05, 4.69) is 45.1 Å². The van der Waals surface area contributed by atoms with Crippen LogP contribution in [-0.2, 0) is 28.6 Å². The van der Waals surface area contributed by atoms with Crippen molar-refractivity contribution in [2.24, 2.45) is 0 Å². The predicted molar refractivity (Wildman–Crippen MR) is 340 cm³/mol. The number of carbonyl (C=O) groups excluding carboxylic acids is 3. The third-order valence-corrected chi connectivity index (χ3v) is 16.2. The highest BCUT2D eigenvalue weighted by atomic mass is 16.6. The fourth-order valence-electron chi connectivity index (χ4n) is 10.8. The van der Waals surface area contributed by atoms with Crippen molar-refractivity contribution in [1.82, 2.24) is 0 Å². The number of ether oxygens (including phenoxy) is 3. The Kier molecular flexibility index (Phi) is 65.6. The molecule has 0 radical (unpaired) electrons. The molecule has 0 fully saturated rings. The first-order valence-corrected chi connectivity index (χ1v) is 35.3. The molecule has 0 amide bonds. The van der Waals surface area contributed by atoms with Gasteiger partial charge in [-0.1, -0.05) is 334 Å². The van der Waals surface area contributed by atoms with E-state index in [1.54, 1.807) is 0 Å². The zero-order valence-corrected chi connectivity index (χ0v) is 53.0. The number of hydrogen-bond acceptors (Lipinski definition) is 6. The molecule has 0 N–H and O–H groups in total. The predicted octanol–water partition coefficient (Wildman–Crippen LogP) is 24.2. The van der Waals surface area contributed by atoms with Crippen LogP contribution in [0.4, 0.5) is 0 Å². The average Bonchev–Trinajstić information content (AvgIpc) is 3.44. The Balaban J connectivity index is 4.29. The summed E-state index contributed by atoms with van der Waals surface area (Å²) in [6, 6.07) is 0. The summed E-state index contributed by atoms with van der Waals surface area (Å²) < 4.78 is 17.0. The maximum atomic E-state index is 13.0. The van der Waals surface area contributed by atoms with Gasteiger partial charge in [-0.05, 0) is 70.6 Å². The second-order valence-electron chi connectivity index (χ2n) is 24.1. The molecule has 78 heavy (non-hydrogen) atoms. The van der Waals surface area contributed by atoms with Gasteiger partial charge in [0.15, 0.2) is 6.10 Å². The molecule has 6 heteroatoms. The van der Waals surface area contributed by atoms with Crippen LogP contribution in [0.3, 0.4) is 0 Å². The largest absolute Gasteiger partial charge is 0.462 e. The van der Waals surface area contributed by atoms with Gasteiger partial charge in [0.05, 0.1) is 0 Å². The van der Waals surface area contributed by atoms with Crippen LogP contribution in [0.1, 0.15) is 400 Å². The Morgan fingerprint density at radius 1 is 0.244 bits per heavy atom. The lowest BCUT2D eigenvalue weighted by Gasteiger charge is -2.18. The van der Waals surface area contributed by atoms with Crippen molar-refractivity contribution in [3.05, 3.63) is 24.3 Å². The molecular formula is C72H136O6. The van der Waals surface area contributed by atoms with E-state index in [1.165, 1.54) is 295 Å². The van der Waals surface area contributed by atoms with E-state index in [-0.39, 0.29) is 31.1 Å². The first-order chi connectivity index (χ1) is 38.5. The van der Waals surface area contributed by atoms with E-state index >= 15 is 0 Å². The number of hydrogen-bond donors (Lipinski definition) is 0. The summed E-state index contributed by atoms with van der Waals surface area (Å²) in [7, 11) is 0. The molecule has 0 saturated carbocycles. The van der Waals surface area contributed by atoms with E-state index in [0.717, 1.165) is 64.2 Å². The summed E-state index contributed by atoms with van der Waals surface area (Å²) in [6.07, 6.45) is 82.0. The quantitative estimate of drug-likeness (QED) is 0.0261. The standard InChI is InChI=1S/C72H136O6/c1-4-7-10-13-16-19-22-25-28-31-33-35-36-38-39-41-44-47-50-53-56-59-62-65-71(74)77-68-69(67-76-70(73)64-61-58-55-52-49-46-43-30-27-24-21-18-15-12-9-6-3)78-72(75)66-63-60-57-54-51-48-45-42-40-37-34-32-29-26-23-20-17-14-11-8-5-2/h30-31,33,43,69H,4-29,32,34-42,44-68H2,1-3H3/b33-31-,43-30-. The monoisotopic (exact) mass is 1100 g/mol. The van der Waals surface area contributed by atoms with E-state index < -0.39 is 6.10 Å². The lowest BCUT2D eigenvalue weighted by Crippen LogP contribution is -2.30. The molecule has 0 heterocycles. The number of esters is 3. The molecule has 0 aromatic carbocycles. The van der Waals surface area contributed by atoms with Gasteiger partial charge in [0.1, 0.15) is 13.2 Å². The minimum Gasteiger partial charge on any atom is -0.462 e. The molecule has 0 aromatic rings. The third-order valence-electron chi connectivity index (χ3n) is 16.2. The molecule has 1 atom stereocenters. The third kappa shape index (κ3) is 64.7. The molecule has 1 unspecified atom stereocenters. The molecule has 0 aliphatic heterocycles. The highest BCUT2D eigenvalue weighted by Crippen LogP contribution is 2.18. The van der Waals surface area contributed by atoms with Gasteiger partial charge in [-0.25, -0.2) is 0 Å². The highest BCUT2D eigenvalue weighted by molar-refractivity contribution is 5.71. The van der Waals surface area contributed by atoms with Crippen LogP contribution in [-0.4, -0.2) is 37.2 Å². The van der Waals surface area contributed by atoms with Gasteiger partial charge in [0, 0.05) is 19.3 Å². The zero-order valence-electron chi connectivity index (χ0n) is 53.0. The smallest absolute Gasteiger partial charge is 0.306 e. The first-order valence-electron chi connectivity index (χ1n) is 35.3. The van der Waals surface area contributed by atoms with Crippen molar-refractivity contribution in [3.8, 4) is 0 Å². The van der Waals surface area contributed by atoms with Crippen molar-refractivity contribution >= 4 is 17.9 Å². The van der Waals surface area contributed by atoms with E-state index in [0.29, 0.717) is 19.3 Å². The Morgan fingerprint density at radius 2 is 0.423 bits per heavy atom. The number of rotatable bonds is 66. The summed E-state index contributed by atoms with van der Waals surface area (Å²) in [5.74, 6) is -0.846. The van der Waals surface area contributed by atoms with Crippen LogP contribution < -0.4 is 0 Å². The van der Waals surface area contributed by atoms with Crippen LogP contribution in [0.25, 0.3) is 0 Å². The lowest BCUT2D eigenvalue weighted by atomic mass is 10.0. The first kappa shape index (κ1) is 75.9. The van der Waals surface area contributed by atoms with Crippen molar-refractivity contribution in [3.63, 3.8) is 0 Å². The van der Waals surface area contributed by atoms with E-state index in [9.17, 15) is 14.4 Å². The number of allylic oxidation sites excluding steroid dienone is 4. The van der Waals surface area contributed by atoms with Crippen LogP contribution in [0.5, 0.6) is 0 Å². The minimum atomic E-state index is -0.773. The van der Waals surface area contributed by atoms with Gasteiger partial charge in [0.2, 0.25) is 0 Å². The molecule has 0 aliphatic rings. The summed E-state index contributed by atoms with van der Waals surface area (Å²) >= 11 is 0. The van der Waals surface area contributed by atoms with Gasteiger partial charge in [-0.15, -0.1) is 0 Å². The molecule has 6 nitrogen and oxygen atoms in total. The fourth-order valence-corrected chi connectivity index (χ4v) is 10.8. The van der Waals surface area contributed by atoms with Gasteiger partial charge in [-0.2, -0.15) is 0 Å². The number of unbranched alkanes of at least 4 members (excludes halogenated alkanes) is 51. The van der Waals surface area contributed by atoms with Crippen LogP contribution >= 0.6 is 0 Å². The van der Waals surface area contributed by atoms with Gasteiger partial charge in [-0.3, -0.25) is 14.4 Å². The van der Waals surface area contributed by atoms with Crippen molar-refractivity contribution < 1.29 is 28.6 Å². The average molecular weight is 1100 g/mol. The van der Waals surface area contributed by atoms with Gasteiger partial charge in [0.25, 0.3) is 0 Å². The Morgan fingerprint density at radius 3 is 0.641 bits per heavy atom. The summed E-state index contributed by atoms with van der Waals surface area (Å²) in [4.78, 5) is 38.4.